The summed E-state index contributed by atoms with van der Waals surface area (Å²) in [5.74, 6) is -2.79. The second kappa shape index (κ2) is 5.63. The Balaban J connectivity index is 4.71. The molecule has 1 atom stereocenters. The summed E-state index contributed by atoms with van der Waals surface area (Å²) >= 11 is 10.8. The Kier molecular flexibility index (Phi) is 5.98. The van der Waals surface area contributed by atoms with Gasteiger partial charge in [0.1, 0.15) is 0 Å². The van der Waals surface area contributed by atoms with Gasteiger partial charge in [-0.05, 0) is 29.1 Å². The first-order valence-electron chi connectivity index (χ1n) is 3.29. The van der Waals surface area contributed by atoms with Gasteiger partial charge in [-0.1, -0.05) is 23.5 Å². The highest BCUT2D eigenvalue weighted by molar-refractivity contribution is 9.02. The van der Waals surface area contributed by atoms with E-state index in [9.17, 15) is 9.46 Å². The lowest BCUT2D eigenvalue weighted by Crippen LogP contribution is -1.99. The highest BCUT2D eigenvalue weighted by atomic mass is 33.5. The van der Waals surface area contributed by atoms with Crippen LogP contribution in [0.2, 0.25) is 0 Å². The molecule has 0 heterocycles. The highest BCUT2D eigenvalue weighted by Gasteiger charge is 2.27. The van der Waals surface area contributed by atoms with Crippen LogP contribution in [0, 0.1) is 0 Å². The van der Waals surface area contributed by atoms with Crippen molar-refractivity contribution in [2.75, 3.05) is 11.5 Å². The average molecular weight is 274 g/mol. The summed E-state index contributed by atoms with van der Waals surface area (Å²) in [5, 5.41) is 0. The van der Waals surface area contributed by atoms with Crippen LogP contribution in [0.5, 0.6) is 0 Å². The monoisotopic (exact) mass is 274 g/mol. The van der Waals surface area contributed by atoms with Crippen LogP contribution in [0.4, 0.5) is 0 Å². The summed E-state index contributed by atoms with van der Waals surface area (Å²) in [5.41, 5.74) is 0. The van der Waals surface area contributed by atoms with E-state index in [0.717, 1.165) is 11.4 Å². The standard InChI is InChI=1S/C6H11O2PS4/c1-3-5-12-9(7,8)13(10,11)6-4-2/h3-4H,1-2,5-6H2,(H,7,8). The topological polar surface area (TPSA) is 37.3 Å². The summed E-state index contributed by atoms with van der Waals surface area (Å²) in [7, 11) is 0. The van der Waals surface area contributed by atoms with Gasteiger partial charge in [-0.2, -0.15) is 0 Å². The summed E-state index contributed by atoms with van der Waals surface area (Å²) in [6.07, 6.45) is 3.06. The van der Waals surface area contributed by atoms with Gasteiger partial charge in [-0.25, -0.2) is 0 Å². The molecule has 0 aromatic carbocycles. The maximum atomic E-state index is 11.6. The first-order valence-corrected chi connectivity index (χ1v) is 10.8. The molecule has 0 saturated heterocycles. The van der Waals surface area contributed by atoms with Gasteiger partial charge >= 0.3 is 5.77 Å². The van der Waals surface area contributed by atoms with Crippen molar-refractivity contribution < 1.29 is 9.46 Å². The number of hydrogen-bond donors (Lipinski definition) is 1. The molecule has 7 heteroatoms. The van der Waals surface area contributed by atoms with Crippen molar-refractivity contribution in [1.82, 2.24) is 0 Å². The molecule has 0 aliphatic rings. The largest absolute Gasteiger partial charge is 0.329 e. The molecule has 1 unspecified atom stereocenters. The Labute approximate surface area is 92.3 Å². The average Bonchev–Trinajstić information content (AvgIpc) is 2.00. The first-order chi connectivity index (χ1) is 5.87. The van der Waals surface area contributed by atoms with Crippen LogP contribution in [-0.4, -0.2) is 16.4 Å². The molecule has 0 aromatic rings. The molecule has 76 valence electrons. The van der Waals surface area contributed by atoms with Crippen molar-refractivity contribution in [2.24, 2.45) is 0 Å². The summed E-state index contributed by atoms with van der Waals surface area (Å²) < 4.78 is 11.6. The second-order valence-corrected chi connectivity index (χ2v) is 17.0. The van der Waals surface area contributed by atoms with Gasteiger partial charge in [0.15, 0.2) is 0 Å². The van der Waals surface area contributed by atoms with Crippen LogP contribution >= 0.6 is 17.2 Å². The minimum Gasteiger partial charge on any atom is -0.329 e. The fraction of sp³-hybridized carbons (Fsp3) is 0.333. The summed E-state index contributed by atoms with van der Waals surface area (Å²) in [6.45, 7) is 4.62. The lowest BCUT2D eigenvalue weighted by Gasteiger charge is -2.14. The van der Waals surface area contributed by atoms with Crippen molar-refractivity contribution in [3.8, 4) is 0 Å². The quantitative estimate of drug-likeness (QED) is 0.594. The Morgan fingerprint density at radius 1 is 1.46 bits per heavy atom. The minimum atomic E-state index is -3.44. The normalized spacial score (nSPS) is 16.1. The molecule has 0 aliphatic heterocycles. The smallest absolute Gasteiger partial charge is 0.318 e. The number of rotatable bonds is 6. The van der Waals surface area contributed by atoms with Crippen molar-refractivity contribution in [3.05, 3.63) is 25.3 Å². The van der Waals surface area contributed by atoms with Gasteiger partial charge in [0, 0.05) is 11.5 Å². The van der Waals surface area contributed by atoms with E-state index in [4.69, 9.17) is 22.4 Å². The van der Waals surface area contributed by atoms with E-state index in [2.05, 4.69) is 13.2 Å². The van der Waals surface area contributed by atoms with E-state index < -0.39 is 12.5 Å². The van der Waals surface area contributed by atoms with Gasteiger partial charge in [0.25, 0.3) is 0 Å². The molecular formula is C6H11O2PS4. The fourth-order valence-electron chi connectivity index (χ4n) is 0.470. The van der Waals surface area contributed by atoms with Gasteiger partial charge in [0.05, 0.1) is 0 Å². The van der Waals surface area contributed by atoms with Crippen LogP contribution in [0.3, 0.4) is 0 Å². The zero-order valence-electron chi connectivity index (χ0n) is 6.92. The highest BCUT2D eigenvalue weighted by Crippen LogP contribution is 2.61. The molecule has 0 fully saturated rings. The molecule has 2 nitrogen and oxygen atoms in total. The van der Waals surface area contributed by atoms with Gasteiger partial charge < -0.3 is 4.89 Å². The molecule has 0 saturated carbocycles. The molecule has 0 spiro atoms. The Bertz CT molecular complexity index is 333. The maximum Gasteiger partial charge on any atom is 0.318 e. The third kappa shape index (κ3) is 4.23. The lowest BCUT2D eigenvalue weighted by molar-refractivity contribution is 0.514. The second-order valence-electron chi connectivity index (χ2n) is 2.09. The molecule has 1 N–H and O–H groups in total. The van der Waals surface area contributed by atoms with E-state index >= 15 is 0 Å². The van der Waals surface area contributed by atoms with Gasteiger partial charge in [-0.15, -0.1) is 13.2 Å². The van der Waals surface area contributed by atoms with Crippen LogP contribution in [-0.2, 0) is 33.7 Å². The molecule has 0 rings (SSSR count). The number of hydrogen-bond acceptors (Lipinski definition) is 4. The Hall–Kier alpha value is 0.810. The van der Waals surface area contributed by atoms with Crippen molar-refractivity contribution in [2.45, 2.75) is 0 Å². The third-order valence-corrected chi connectivity index (χ3v) is 16.5. The minimum absolute atomic E-state index is 0.260. The van der Waals surface area contributed by atoms with Crippen molar-refractivity contribution in [1.29, 1.82) is 0 Å². The molecule has 0 bridgehead atoms. The van der Waals surface area contributed by atoms with E-state index in [1.54, 1.807) is 6.08 Å². The van der Waals surface area contributed by atoms with E-state index in [-0.39, 0.29) is 5.75 Å². The molecule has 0 amide bonds. The van der Waals surface area contributed by atoms with Crippen LogP contribution < -0.4 is 0 Å². The van der Waals surface area contributed by atoms with Gasteiger partial charge in [0.2, 0.25) is 0 Å². The zero-order valence-corrected chi connectivity index (χ0v) is 11.1. The lowest BCUT2D eigenvalue weighted by atomic mass is 10.8. The SMILES string of the molecule is C=CCSP(=O)(O)S(=S)(=S)CC=C. The van der Waals surface area contributed by atoms with Gasteiger partial charge in [-0.3, -0.25) is 4.57 Å². The van der Waals surface area contributed by atoms with E-state index in [1.807, 2.05) is 0 Å². The Morgan fingerprint density at radius 3 is 2.38 bits per heavy atom. The van der Waals surface area contributed by atoms with Crippen molar-refractivity contribution in [3.63, 3.8) is 0 Å². The van der Waals surface area contributed by atoms with Crippen LogP contribution in [0.25, 0.3) is 0 Å². The first kappa shape index (κ1) is 13.8. The van der Waals surface area contributed by atoms with E-state index in [1.165, 1.54) is 6.08 Å². The maximum absolute atomic E-state index is 11.6. The van der Waals surface area contributed by atoms with Crippen LogP contribution in [0.1, 0.15) is 0 Å². The summed E-state index contributed by atoms with van der Waals surface area (Å²) in [4.78, 5) is 9.56. The molecule has 13 heavy (non-hydrogen) atoms. The van der Waals surface area contributed by atoms with Crippen molar-refractivity contribution >= 4 is 46.3 Å². The van der Waals surface area contributed by atoms with Crippen LogP contribution in [0.15, 0.2) is 25.3 Å². The fourth-order valence-corrected chi connectivity index (χ4v) is 9.10. The molecule has 0 aliphatic carbocycles. The van der Waals surface area contributed by atoms with E-state index in [0.29, 0.717) is 5.75 Å². The molecular weight excluding hydrogens is 263 g/mol. The molecule has 0 aromatic heterocycles. The zero-order chi connectivity index (χ0) is 10.5. The predicted octanol–water partition coefficient (Wildman–Crippen LogP) is 2.27. The summed E-state index contributed by atoms with van der Waals surface area (Å²) in [6, 6.07) is 0. The Morgan fingerprint density at radius 2 is 2.00 bits per heavy atom. The predicted molar refractivity (Wildman–Crippen MR) is 69.6 cm³/mol. The third-order valence-electron chi connectivity index (χ3n) is 1.04. The molecule has 0 radical (unpaired) electrons.